The second-order valence-electron chi connectivity index (χ2n) is 5.67. The number of piperazine rings is 1. The Balaban J connectivity index is 1.75. The largest absolute Gasteiger partial charge is 0.376 e. The zero-order valence-electron chi connectivity index (χ0n) is 11.9. The van der Waals surface area contributed by atoms with Gasteiger partial charge < -0.3 is 19.3 Å². The third-order valence-corrected chi connectivity index (χ3v) is 4.44. The lowest BCUT2D eigenvalue weighted by atomic mass is 10.0. The van der Waals surface area contributed by atoms with Gasteiger partial charge in [0.25, 0.3) is 0 Å². The van der Waals surface area contributed by atoms with Gasteiger partial charge in [-0.25, -0.2) is 0 Å². The number of carbonyl (C=O) groups is 2. The van der Waals surface area contributed by atoms with Crippen LogP contribution in [0, 0.1) is 0 Å². The zero-order chi connectivity index (χ0) is 14.1. The van der Waals surface area contributed by atoms with Crippen LogP contribution >= 0.6 is 0 Å². The monoisotopic (exact) mass is 282 g/mol. The number of rotatable bonds is 3. The standard InChI is InChI=1S/C14H22N2O4/c1-2-11-13(17)15-5-3-4-12(15)14(18)16(11)8-10-9-19-6-7-20-10/h10-12H,2-9H2,1H3. The minimum absolute atomic E-state index is 0.0862. The molecule has 6 nitrogen and oxygen atoms in total. The van der Waals surface area contributed by atoms with Crippen LogP contribution in [0.15, 0.2) is 0 Å². The van der Waals surface area contributed by atoms with E-state index in [1.807, 2.05) is 6.92 Å². The van der Waals surface area contributed by atoms with E-state index < -0.39 is 0 Å². The van der Waals surface area contributed by atoms with Crippen LogP contribution in [-0.4, -0.2) is 72.7 Å². The van der Waals surface area contributed by atoms with Gasteiger partial charge in [0.1, 0.15) is 12.1 Å². The highest BCUT2D eigenvalue weighted by Gasteiger charge is 2.47. The molecule has 3 atom stereocenters. The summed E-state index contributed by atoms with van der Waals surface area (Å²) in [5.41, 5.74) is 0. The molecule has 0 radical (unpaired) electrons. The number of hydrogen-bond acceptors (Lipinski definition) is 4. The molecule has 3 aliphatic rings. The van der Waals surface area contributed by atoms with E-state index in [2.05, 4.69) is 0 Å². The molecule has 112 valence electrons. The molecule has 0 aromatic heterocycles. The highest BCUT2D eigenvalue weighted by molar-refractivity contribution is 5.97. The Labute approximate surface area is 119 Å². The van der Waals surface area contributed by atoms with Gasteiger partial charge in [-0.2, -0.15) is 0 Å². The topological polar surface area (TPSA) is 59.1 Å². The third-order valence-electron chi connectivity index (χ3n) is 4.44. The first-order valence-electron chi connectivity index (χ1n) is 7.52. The molecule has 3 aliphatic heterocycles. The van der Waals surface area contributed by atoms with Crippen molar-refractivity contribution in [2.45, 2.75) is 44.4 Å². The summed E-state index contributed by atoms with van der Waals surface area (Å²) in [5, 5.41) is 0. The molecule has 0 N–H and O–H groups in total. The summed E-state index contributed by atoms with van der Waals surface area (Å²) in [6, 6.07) is -0.572. The molecule has 0 aromatic rings. The van der Waals surface area contributed by atoms with Crippen molar-refractivity contribution in [2.75, 3.05) is 32.9 Å². The summed E-state index contributed by atoms with van der Waals surface area (Å²) in [5.74, 6) is 0.189. The van der Waals surface area contributed by atoms with Gasteiger partial charge in [0.05, 0.1) is 32.5 Å². The minimum atomic E-state index is -0.331. The van der Waals surface area contributed by atoms with Crippen molar-refractivity contribution < 1.29 is 19.1 Å². The summed E-state index contributed by atoms with van der Waals surface area (Å²) < 4.78 is 11.0. The molecular weight excluding hydrogens is 260 g/mol. The Morgan fingerprint density at radius 3 is 2.80 bits per heavy atom. The van der Waals surface area contributed by atoms with Crippen molar-refractivity contribution in [3.8, 4) is 0 Å². The van der Waals surface area contributed by atoms with Crippen molar-refractivity contribution in [2.24, 2.45) is 0 Å². The second-order valence-corrected chi connectivity index (χ2v) is 5.67. The molecule has 3 fully saturated rings. The fourth-order valence-electron chi connectivity index (χ4n) is 3.43. The number of carbonyl (C=O) groups excluding carboxylic acids is 2. The molecule has 3 rings (SSSR count). The fourth-order valence-corrected chi connectivity index (χ4v) is 3.43. The summed E-state index contributed by atoms with van der Waals surface area (Å²) in [7, 11) is 0. The van der Waals surface area contributed by atoms with Gasteiger partial charge in [-0.1, -0.05) is 6.92 Å². The normalized spacial score (nSPS) is 34.5. The molecule has 3 unspecified atom stereocenters. The molecule has 0 aliphatic carbocycles. The van der Waals surface area contributed by atoms with Crippen molar-refractivity contribution in [3.05, 3.63) is 0 Å². The van der Waals surface area contributed by atoms with E-state index in [0.717, 1.165) is 19.4 Å². The molecule has 20 heavy (non-hydrogen) atoms. The molecule has 0 spiro atoms. The second kappa shape index (κ2) is 5.69. The quantitative estimate of drug-likeness (QED) is 0.732. The van der Waals surface area contributed by atoms with Crippen LogP contribution in [0.3, 0.4) is 0 Å². The predicted octanol–water partition coefficient (Wildman–Crippen LogP) is 0.0136. The summed E-state index contributed by atoms with van der Waals surface area (Å²) in [6.07, 6.45) is 2.26. The van der Waals surface area contributed by atoms with Gasteiger partial charge in [-0.15, -0.1) is 0 Å². The molecule has 0 saturated carbocycles. The molecule has 0 bridgehead atoms. The van der Waals surface area contributed by atoms with Crippen LogP contribution in [0.25, 0.3) is 0 Å². The lowest BCUT2D eigenvalue weighted by Gasteiger charge is -2.43. The van der Waals surface area contributed by atoms with Gasteiger partial charge in [0.15, 0.2) is 0 Å². The van der Waals surface area contributed by atoms with Gasteiger partial charge in [0.2, 0.25) is 11.8 Å². The SMILES string of the molecule is CCC1C(=O)N2CCCC2C(=O)N1CC1COCCO1. The first-order valence-corrected chi connectivity index (χ1v) is 7.52. The highest BCUT2D eigenvalue weighted by Crippen LogP contribution is 2.28. The van der Waals surface area contributed by atoms with Gasteiger partial charge >= 0.3 is 0 Å². The Kier molecular flexibility index (Phi) is 3.94. The van der Waals surface area contributed by atoms with E-state index in [0.29, 0.717) is 32.8 Å². The summed E-state index contributed by atoms with van der Waals surface area (Å²) in [4.78, 5) is 28.6. The first-order chi connectivity index (χ1) is 9.72. The molecule has 2 amide bonds. The van der Waals surface area contributed by atoms with E-state index in [9.17, 15) is 9.59 Å². The molecule has 3 saturated heterocycles. The van der Waals surface area contributed by atoms with Crippen LogP contribution in [0.2, 0.25) is 0 Å². The third kappa shape index (κ3) is 2.31. The maximum atomic E-state index is 12.6. The van der Waals surface area contributed by atoms with Crippen LogP contribution in [-0.2, 0) is 19.1 Å². The first kappa shape index (κ1) is 13.8. The minimum Gasteiger partial charge on any atom is -0.376 e. The molecule has 0 aromatic carbocycles. The summed E-state index contributed by atoms with van der Waals surface area (Å²) in [6.45, 7) is 4.82. The van der Waals surface area contributed by atoms with Crippen molar-refractivity contribution in [3.63, 3.8) is 0 Å². The smallest absolute Gasteiger partial charge is 0.246 e. The maximum absolute atomic E-state index is 12.6. The molecule has 3 heterocycles. The Morgan fingerprint density at radius 2 is 2.10 bits per heavy atom. The van der Waals surface area contributed by atoms with Crippen LogP contribution in [0.1, 0.15) is 26.2 Å². The zero-order valence-corrected chi connectivity index (χ0v) is 11.9. The number of hydrogen-bond donors (Lipinski definition) is 0. The number of ether oxygens (including phenoxy) is 2. The number of amides is 2. The van der Waals surface area contributed by atoms with Gasteiger partial charge in [0, 0.05) is 6.54 Å². The van der Waals surface area contributed by atoms with Gasteiger partial charge in [-0.05, 0) is 19.3 Å². The van der Waals surface area contributed by atoms with Crippen LogP contribution < -0.4 is 0 Å². The lowest BCUT2D eigenvalue weighted by molar-refractivity contribution is -0.164. The Morgan fingerprint density at radius 1 is 1.25 bits per heavy atom. The average molecular weight is 282 g/mol. The number of nitrogens with zero attached hydrogens (tertiary/aromatic N) is 2. The maximum Gasteiger partial charge on any atom is 0.246 e. The van der Waals surface area contributed by atoms with E-state index in [-0.39, 0.29) is 30.0 Å². The summed E-state index contributed by atoms with van der Waals surface area (Å²) >= 11 is 0. The number of fused-ring (bicyclic) bond motifs is 1. The van der Waals surface area contributed by atoms with E-state index in [4.69, 9.17) is 9.47 Å². The predicted molar refractivity (Wildman–Crippen MR) is 71.1 cm³/mol. The lowest BCUT2D eigenvalue weighted by Crippen LogP contribution is -2.64. The van der Waals surface area contributed by atoms with E-state index in [1.54, 1.807) is 9.80 Å². The van der Waals surface area contributed by atoms with Gasteiger partial charge in [-0.3, -0.25) is 9.59 Å². The van der Waals surface area contributed by atoms with E-state index in [1.165, 1.54) is 0 Å². The molecular formula is C14H22N2O4. The average Bonchev–Trinajstić information content (AvgIpc) is 2.96. The Hall–Kier alpha value is -1.14. The van der Waals surface area contributed by atoms with Crippen molar-refractivity contribution >= 4 is 11.8 Å². The van der Waals surface area contributed by atoms with Crippen LogP contribution in [0.5, 0.6) is 0 Å². The highest BCUT2D eigenvalue weighted by atomic mass is 16.6. The molecule has 6 heteroatoms. The van der Waals surface area contributed by atoms with E-state index >= 15 is 0 Å². The fraction of sp³-hybridized carbons (Fsp3) is 0.857. The Bertz CT molecular complexity index is 395. The van der Waals surface area contributed by atoms with Crippen LogP contribution in [0.4, 0.5) is 0 Å². The van der Waals surface area contributed by atoms with Crippen molar-refractivity contribution in [1.82, 2.24) is 9.80 Å². The van der Waals surface area contributed by atoms with Crippen molar-refractivity contribution in [1.29, 1.82) is 0 Å².